The molecule has 2 rings (SSSR count). The number of aromatic hydroxyl groups is 1. The first kappa shape index (κ1) is 12.7. The lowest BCUT2D eigenvalue weighted by molar-refractivity contribution is 0.467. The van der Waals surface area contributed by atoms with Crippen molar-refractivity contribution in [1.29, 1.82) is 0 Å². The largest absolute Gasteiger partial charge is 0.507 e. The molecule has 0 fully saturated rings. The van der Waals surface area contributed by atoms with Gasteiger partial charge in [0.2, 0.25) is 0 Å². The summed E-state index contributed by atoms with van der Waals surface area (Å²) in [5.41, 5.74) is 2.08. The summed E-state index contributed by atoms with van der Waals surface area (Å²) in [7, 11) is 0. The molecule has 0 saturated carbocycles. The molecule has 18 heavy (non-hydrogen) atoms. The summed E-state index contributed by atoms with van der Waals surface area (Å²) < 4.78 is 5.25. The molecular weight excluding hydrogens is 228 g/mol. The maximum absolute atomic E-state index is 11.4. The molecule has 3 heteroatoms. The molecule has 0 amide bonds. The summed E-state index contributed by atoms with van der Waals surface area (Å²) in [6, 6.07) is 5.07. The number of hydrogen-bond acceptors (Lipinski definition) is 3. The highest BCUT2D eigenvalue weighted by Crippen LogP contribution is 2.33. The van der Waals surface area contributed by atoms with Gasteiger partial charge < -0.3 is 9.52 Å². The first-order valence-electron chi connectivity index (χ1n) is 6.20. The Kier molecular flexibility index (Phi) is 3.16. The van der Waals surface area contributed by atoms with Gasteiger partial charge in [-0.1, -0.05) is 33.8 Å². The topological polar surface area (TPSA) is 50.4 Å². The average Bonchev–Trinajstić information content (AvgIpc) is 2.27. The number of benzene rings is 1. The molecule has 96 valence electrons. The zero-order valence-corrected chi connectivity index (χ0v) is 11.2. The minimum Gasteiger partial charge on any atom is -0.507 e. The van der Waals surface area contributed by atoms with Gasteiger partial charge in [-0.05, 0) is 29.0 Å². The van der Waals surface area contributed by atoms with Crippen molar-refractivity contribution < 1.29 is 9.52 Å². The molecule has 2 aromatic rings. The van der Waals surface area contributed by atoms with Crippen LogP contribution in [0.4, 0.5) is 0 Å². The molecule has 0 saturated heterocycles. The van der Waals surface area contributed by atoms with E-state index in [2.05, 4.69) is 19.9 Å². The highest BCUT2D eigenvalue weighted by atomic mass is 16.4. The Morgan fingerprint density at radius 1 is 1.06 bits per heavy atom. The van der Waals surface area contributed by atoms with Crippen molar-refractivity contribution in [3.63, 3.8) is 0 Å². The second-order valence-electron chi connectivity index (χ2n) is 5.25. The molecule has 1 aromatic carbocycles. The Bertz CT molecular complexity index is 636. The summed E-state index contributed by atoms with van der Waals surface area (Å²) in [4.78, 5) is 11.4. The Labute approximate surface area is 106 Å². The van der Waals surface area contributed by atoms with Crippen LogP contribution in [0.25, 0.3) is 11.0 Å². The van der Waals surface area contributed by atoms with Crippen LogP contribution >= 0.6 is 0 Å². The molecular formula is C15H18O3. The minimum absolute atomic E-state index is 0.00866. The molecule has 1 aromatic heterocycles. The molecule has 0 aliphatic carbocycles. The van der Waals surface area contributed by atoms with E-state index in [9.17, 15) is 9.90 Å². The van der Waals surface area contributed by atoms with Crippen molar-refractivity contribution in [1.82, 2.24) is 0 Å². The summed E-state index contributed by atoms with van der Waals surface area (Å²) in [5.74, 6) is 0.583. The second kappa shape index (κ2) is 4.48. The molecule has 0 unspecified atom stereocenters. The molecule has 1 N–H and O–H groups in total. The SMILES string of the molecule is CC(C)c1cc(C(C)C)c2oc(=O)cc(O)c2c1. The minimum atomic E-state index is -0.515. The van der Waals surface area contributed by atoms with E-state index in [4.69, 9.17) is 4.42 Å². The van der Waals surface area contributed by atoms with Gasteiger partial charge in [-0.2, -0.15) is 0 Å². The zero-order chi connectivity index (χ0) is 13.4. The molecule has 1 heterocycles. The van der Waals surface area contributed by atoms with Crippen LogP contribution in [0, 0.1) is 0 Å². The molecule has 0 aliphatic rings. The maximum atomic E-state index is 11.4. The number of fused-ring (bicyclic) bond motifs is 1. The van der Waals surface area contributed by atoms with Crippen molar-refractivity contribution in [3.8, 4) is 5.75 Å². The average molecular weight is 246 g/mol. The Balaban J connectivity index is 2.90. The lowest BCUT2D eigenvalue weighted by Gasteiger charge is -2.14. The predicted molar refractivity (Wildman–Crippen MR) is 72.3 cm³/mol. The van der Waals surface area contributed by atoms with Crippen molar-refractivity contribution >= 4 is 11.0 Å². The van der Waals surface area contributed by atoms with Gasteiger partial charge in [-0.25, -0.2) is 4.79 Å². The van der Waals surface area contributed by atoms with Crippen LogP contribution < -0.4 is 5.63 Å². The molecule has 0 radical (unpaired) electrons. The fourth-order valence-corrected chi connectivity index (χ4v) is 2.06. The molecule has 0 atom stereocenters. The van der Waals surface area contributed by atoms with E-state index in [0.29, 0.717) is 16.9 Å². The summed E-state index contributed by atoms with van der Waals surface area (Å²) in [6.45, 7) is 8.29. The zero-order valence-electron chi connectivity index (χ0n) is 11.2. The summed E-state index contributed by atoms with van der Waals surface area (Å²) in [5, 5.41) is 10.5. The van der Waals surface area contributed by atoms with E-state index in [1.54, 1.807) is 0 Å². The van der Waals surface area contributed by atoms with Crippen LogP contribution in [-0.4, -0.2) is 5.11 Å². The third-order valence-electron chi connectivity index (χ3n) is 3.16. The first-order valence-corrected chi connectivity index (χ1v) is 6.20. The van der Waals surface area contributed by atoms with Crippen LogP contribution in [-0.2, 0) is 0 Å². The van der Waals surface area contributed by atoms with Gasteiger partial charge >= 0.3 is 5.63 Å². The van der Waals surface area contributed by atoms with Crippen LogP contribution in [0.5, 0.6) is 5.75 Å². The van der Waals surface area contributed by atoms with Crippen LogP contribution in [0.2, 0.25) is 0 Å². The van der Waals surface area contributed by atoms with E-state index in [1.807, 2.05) is 19.9 Å². The standard InChI is InChI=1S/C15H18O3/c1-8(2)10-5-11(9(3)4)15-12(6-10)13(16)7-14(17)18-15/h5-9,16H,1-4H3. The van der Waals surface area contributed by atoms with Gasteiger partial charge in [0.05, 0.1) is 11.5 Å². The maximum Gasteiger partial charge on any atom is 0.339 e. The fourth-order valence-electron chi connectivity index (χ4n) is 2.06. The van der Waals surface area contributed by atoms with Crippen LogP contribution in [0.1, 0.15) is 50.7 Å². The van der Waals surface area contributed by atoms with Crippen LogP contribution in [0.3, 0.4) is 0 Å². The van der Waals surface area contributed by atoms with Crippen molar-refractivity contribution in [2.75, 3.05) is 0 Å². The van der Waals surface area contributed by atoms with Gasteiger partial charge in [0, 0.05) is 0 Å². The van der Waals surface area contributed by atoms with Gasteiger partial charge in [-0.3, -0.25) is 0 Å². The first-order chi connectivity index (χ1) is 8.40. The molecule has 0 aliphatic heterocycles. The van der Waals surface area contributed by atoms with Gasteiger partial charge in [0.25, 0.3) is 0 Å². The lowest BCUT2D eigenvalue weighted by Crippen LogP contribution is -2.01. The lowest BCUT2D eigenvalue weighted by atomic mass is 9.93. The van der Waals surface area contributed by atoms with Crippen molar-refractivity contribution in [3.05, 3.63) is 39.7 Å². The molecule has 0 spiro atoms. The van der Waals surface area contributed by atoms with Gasteiger partial charge in [0.1, 0.15) is 11.3 Å². The van der Waals surface area contributed by atoms with Gasteiger partial charge in [0.15, 0.2) is 0 Å². The predicted octanol–water partition coefficient (Wildman–Crippen LogP) is 3.75. The Morgan fingerprint density at radius 3 is 2.28 bits per heavy atom. The fraction of sp³-hybridized carbons (Fsp3) is 0.400. The van der Waals surface area contributed by atoms with Gasteiger partial charge in [-0.15, -0.1) is 0 Å². The molecule has 3 nitrogen and oxygen atoms in total. The smallest absolute Gasteiger partial charge is 0.339 e. The van der Waals surface area contributed by atoms with E-state index < -0.39 is 5.63 Å². The second-order valence-corrected chi connectivity index (χ2v) is 5.25. The highest BCUT2D eigenvalue weighted by Gasteiger charge is 2.14. The quantitative estimate of drug-likeness (QED) is 0.821. The third-order valence-corrected chi connectivity index (χ3v) is 3.16. The van der Waals surface area contributed by atoms with E-state index >= 15 is 0 Å². The van der Waals surface area contributed by atoms with Crippen LogP contribution in [0.15, 0.2) is 27.4 Å². The number of hydrogen-bond donors (Lipinski definition) is 1. The van der Waals surface area contributed by atoms with E-state index in [1.165, 1.54) is 0 Å². The Hall–Kier alpha value is -1.77. The normalized spacial score (nSPS) is 11.7. The van der Waals surface area contributed by atoms with E-state index in [-0.39, 0.29) is 11.7 Å². The summed E-state index contributed by atoms with van der Waals surface area (Å²) in [6.07, 6.45) is 0. The Morgan fingerprint density at radius 2 is 1.72 bits per heavy atom. The van der Waals surface area contributed by atoms with Crippen molar-refractivity contribution in [2.45, 2.75) is 39.5 Å². The summed E-state index contributed by atoms with van der Waals surface area (Å²) >= 11 is 0. The molecule has 0 bridgehead atoms. The van der Waals surface area contributed by atoms with Crippen molar-refractivity contribution in [2.24, 2.45) is 0 Å². The van der Waals surface area contributed by atoms with E-state index in [0.717, 1.165) is 17.2 Å². The monoisotopic (exact) mass is 246 g/mol. The highest BCUT2D eigenvalue weighted by molar-refractivity contribution is 5.86. The number of rotatable bonds is 2. The third kappa shape index (κ3) is 2.13.